The normalized spacial score (nSPS) is 17.6. The summed E-state index contributed by atoms with van der Waals surface area (Å²) in [6.45, 7) is 0. The molecule has 1 heterocycles. The molecule has 0 bridgehead atoms. The number of rotatable bonds is 6. The minimum atomic E-state index is -1.21. The first-order valence-electron chi connectivity index (χ1n) is 14.4. The van der Waals surface area contributed by atoms with E-state index >= 15 is 5.21 Å². The molecule has 3 nitrogen and oxygen atoms in total. The van der Waals surface area contributed by atoms with E-state index in [1.165, 1.54) is 5.06 Å². The van der Waals surface area contributed by atoms with Crippen molar-refractivity contribution in [2.45, 2.75) is 17.2 Å². The summed E-state index contributed by atoms with van der Waals surface area (Å²) in [7, 11) is 0. The van der Waals surface area contributed by atoms with Crippen LogP contribution in [0.5, 0.6) is 0 Å². The van der Waals surface area contributed by atoms with Gasteiger partial charge in [0.1, 0.15) is 5.54 Å². The highest BCUT2D eigenvalue weighted by Crippen LogP contribution is 2.64. The second-order valence-electron chi connectivity index (χ2n) is 10.7. The van der Waals surface area contributed by atoms with E-state index in [4.69, 9.17) is 0 Å². The predicted molar refractivity (Wildman–Crippen MR) is 168 cm³/mol. The van der Waals surface area contributed by atoms with Crippen LogP contribution in [-0.2, 0) is 16.4 Å². The second-order valence-corrected chi connectivity index (χ2v) is 10.7. The predicted octanol–water partition coefficient (Wildman–Crippen LogP) is 8.74. The first-order chi connectivity index (χ1) is 20.8. The maximum absolute atomic E-state index is 16.2. The molecule has 6 aromatic carbocycles. The van der Waals surface area contributed by atoms with Crippen LogP contribution in [0.3, 0.4) is 0 Å². The zero-order valence-corrected chi connectivity index (χ0v) is 23.2. The van der Waals surface area contributed by atoms with Crippen LogP contribution in [0.2, 0.25) is 0 Å². The van der Waals surface area contributed by atoms with Gasteiger partial charge < -0.3 is 4.90 Å². The first kappa shape index (κ1) is 26.0. The molecule has 42 heavy (non-hydrogen) atoms. The Kier molecular flexibility index (Phi) is 6.67. The molecular formula is C39H31N2O. The van der Waals surface area contributed by atoms with E-state index in [0.29, 0.717) is 0 Å². The molecule has 0 N–H and O–H groups in total. The van der Waals surface area contributed by atoms with Gasteiger partial charge in [0.15, 0.2) is 5.66 Å². The number of hydrogen-bond donors (Lipinski definition) is 0. The Bertz CT molecular complexity index is 1520. The largest absolute Gasteiger partial charge is 0.334 e. The Morgan fingerprint density at radius 3 is 1.14 bits per heavy atom. The smallest absolute Gasteiger partial charge is 0.174 e. The SMILES string of the molecule is [O]N1C(c2ccccc2)(c2ccccc2)C(c2ccccc2)N(c2ccccc2)C1(c1ccccc1)c1ccccc1. The first-order valence-corrected chi connectivity index (χ1v) is 14.4. The molecule has 1 atom stereocenters. The van der Waals surface area contributed by atoms with Gasteiger partial charge in [-0.2, -0.15) is 0 Å². The van der Waals surface area contributed by atoms with Gasteiger partial charge in [-0.25, -0.2) is 0 Å². The standard InChI is InChI=1S/C39H31N2O/c42-41-38(32-21-9-2-10-22-32,33-23-11-3-12-24-33)37(31-19-7-1-8-20-31)40(36-29-17-6-18-30-36)39(41,34-25-13-4-14-26-34)35-27-15-5-16-28-35/h1-30,37H. The van der Waals surface area contributed by atoms with Gasteiger partial charge >= 0.3 is 0 Å². The summed E-state index contributed by atoms with van der Waals surface area (Å²) in [5.41, 5.74) is 3.39. The van der Waals surface area contributed by atoms with Crippen LogP contribution in [0.1, 0.15) is 33.9 Å². The van der Waals surface area contributed by atoms with Crippen molar-refractivity contribution in [1.82, 2.24) is 5.06 Å². The van der Waals surface area contributed by atoms with Crippen LogP contribution in [0.25, 0.3) is 0 Å². The number of anilines is 1. The summed E-state index contributed by atoms with van der Waals surface area (Å²) in [6, 6.07) is 61.5. The third kappa shape index (κ3) is 3.82. The minimum absolute atomic E-state index is 0.399. The molecule has 0 spiro atoms. The molecule has 0 saturated carbocycles. The number of hydroxylamine groups is 2. The number of nitrogens with zero attached hydrogens (tertiary/aromatic N) is 2. The lowest BCUT2D eigenvalue weighted by atomic mass is 9.74. The number of hydrogen-bond acceptors (Lipinski definition) is 2. The van der Waals surface area contributed by atoms with Gasteiger partial charge in [-0.3, -0.25) is 0 Å². The molecule has 1 radical (unpaired) electrons. The summed E-state index contributed by atoms with van der Waals surface area (Å²) in [6.07, 6.45) is 0. The maximum Gasteiger partial charge on any atom is 0.174 e. The van der Waals surface area contributed by atoms with Crippen molar-refractivity contribution in [3.05, 3.63) is 210 Å². The molecule has 1 saturated heterocycles. The number of para-hydroxylation sites is 1. The molecule has 7 rings (SSSR count). The molecule has 1 aliphatic rings. The van der Waals surface area contributed by atoms with Crippen molar-refractivity contribution in [3.8, 4) is 0 Å². The van der Waals surface area contributed by atoms with E-state index in [1.54, 1.807) is 0 Å². The zero-order valence-electron chi connectivity index (χ0n) is 23.2. The van der Waals surface area contributed by atoms with Crippen molar-refractivity contribution in [1.29, 1.82) is 0 Å². The molecule has 0 amide bonds. The third-order valence-corrected chi connectivity index (χ3v) is 8.55. The van der Waals surface area contributed by atoms with Crippen LogP contribution < -0.4 is 4.90 Å². The van der Waals surface area contributed by atoms with E-state index < -0.39 is 17.2 Å². The summed E-state index contributed by atoms with van der Waals surface area (Å²) >= 11 is 0. The van der Waals surface area contributed by atoms with E-state index in [0.717, 1.165) is 33.5 Å². The summed E-state index contributed by atoms with van der Waals surface area (Å²) in [5, 5.41) is 17.6. The molecular weight excluding hydrogens is 512 g/mol. The zero-order chi connectivity index (χ0) is 28.4. The summed E-state index contributed by atoms with van der Waals surface area (Å²) < 4.78 is 0. The lowest BCUT2D eigenvalue weighted by Gasteiger charge is -2.44. The van der Waals surface area contributed by atoms with Crippen LogP contribution >= 0.6 is 0 Å². The van der Waals surface area contributed by atoms with Gasteiger partial charge in [0.25, 0.3) is 0 Å². The highest BCUT2D eigenvalue weighted by atomic mass is 16.5. The fourth-order valence-electron chi connectivity index (χ4n) is 6.91. The quantitative estimate of drug-likeness (QED) is 0.210. The van der Waals surface area contributed by atoms with E-state index in [9.17, 15) is 0 Å². The van der Waals surface area contributed by atoms with Gasteiger partial charge in [0, 0.05) is 5.69 Å². The molecule has 0 aromatic heterocycles. The molecule has 1 unspecified atom stereocenters. The highest BCUT2D eigenvalue weighted by molar-refractivity contribution is 5.65. The Morgan fingerprint density at radius 1 is 0.405 bits per heavy atom. The summed E-state index contributed by atoms with van der Waals surface area (Å²) in [5.74, 6) is 0. The van der Waals surface area contributed by atoms with Crippen LogP contribution in [-0.4, -0.2) is 5.06 Å². The third-order valence-electron chi connectivity index (χ3n) is 8.55. The maximum atomic E-state index is 16.2. The number of benzene rings is 6. The fourth-order valence-corrected chi connectivity index (χ4v) is 6.91. The molecule has 3 heteroatoms. The van der Waals surface area contributed by atoms with Gasteiger partial charge in [0.05, 0.1) is 6.04 Å². The lowest BCUT2D eigenvalue weighted by Crippen LogP contribution is -2.53. The van der Waals surface area contributed by atoms with E-state index in [2.05, 4.69) is 102 Å². The average Bonchev–Trinajstić information content (AvgIpc) is 3.34. The molecule has 1 fully saturated rings. The minimum Gasteiger partial charge on any atom is -0.334 e. The lowest BCUT2D eigenvalue weighted by molar-refractivity contribution is -0.249. The molecule has 1 aliphatic heterocycles. The van der Waals surface area contributed by atoms with Crippen LogP contribution in [0.15, 0.2) is 182 Å². The Morgan fingerprint density at radius 2 is 0.738 bits per heavy atom. The Hall–Kier alpha value is -4.96. The van der Waals surface area contributed by atoms with Gasteiger partial charge in [-0.15, -0.1) is 10.3 Å². The molecule has 6 aromatic rings. The highest BCUT2D eigenvalue weighted by Gasteiger charge is 2.69. The van der Waals surface area contributed by atoms with Crippen molar-refractivity contribution in [2.24, 2.45) is 0 Å². The summed E-state index contributed by atoms with van der Waals surface area (Å²) in [4.78, 5) is 2.36. The van der Waals surface area contributed by atoms with Crippen molar-refractivity contribution in [2.75, 3.05) is 4.90 Å². The van der Waals surface area contributed by atoms with Gasteiger partial charge in [-0.1, -0.05) is 170 Å². The van der Waals surface area contributed by atoms with Crippen LogP contribution in [0, 0.1) is 0 Å². The Labute approximate surface area is 247 Å². The van der Waals surface area contributed by atoms with Gasteiger partial charge in [-0.05, 0) is 39.9 Å². The van der Waals surface area contributed by atoms with Crippen molar-refractivity contribution in [3.63, 3.8) is 0 Å². The molecule has 203 valence electrons. The van der Waals surface area contributed by atoms with Crippen molar-refractivity contribution >= 4 is 5.69 Å². The van der Waals surface area contributed by atoms with Crippen LogP contribution in [0.4, 0.5) is 5.69 Å². The average molecular weight is 544 g/mol. The topological polar surface area (TPSA) is 26.4 Å². The van der Waals surface area contributed by atoms with Crippen molar-refractivity contribution < 1.29 is 5.21 Å². The Balaban J connectivity index is 1.71. The van der Waals surface area contributed by atoms with E-state index in [1.807, 2.05) is 84.9 Å². The monoisotopic (exact) mass is 543 g/mol. The second kappa shape index (κ2) is 10.8. The molecule has 0 aliphatic carbocycles. The van der Waals surface area contributed by atoms with E-state index in [-0.39, 0.29) is 0 Å². The fraction of sp³-hybridized carbons (Fsp3) is 0.0769. The van der Waals surface area contributed by atoms with Gasteiger partial charge in [0.2, 0.25) is 0 Å².